The minimum Gasteiger partial charge on any atom is -0.344 e. The van der Waals surface area contributed by atoms with E-state index in [1.165, 1.54) is 12.1 Å². The third-order valence-electron chi connectivity index (χ3n) is 6.09. The predicted octanol–water partition coefficient (Wildman–Crippen LogP) is 4.94. The van der Waals surface area contributed by atoms with Crippen LogP contribution < -0.4 is 5.32 Å². The van der Waals surface area contributed by atoms with Gasteiger partial charge in [0.05, 0.1) is 17.8 Å². The maximum absolute atomic E-state index is 13.9. The Hall–Kier alpha value is -3.51. The number of hydrogen-bond acceptors (Lipinski definition) is 3. The number of halogens is 1. The van der Waals surface area contributed by atoms with Gasteiger partial charge in [-0.1, -0.05) is 30.3 Å². The molecule has 5 rings (SSSR count). The molecule has 0 bridgehead atoms. The molecular formula is C26H25FN4O. The number of rotatable bonds is 6. The number of nitrogens with zero attached hydrogens (tertiary/aromatic N) is 2. The van der Waals surface area contributed by atoms with Crippen LogP contribution in [0.3, 0.4) is 0 Å². The van der Waals surface area contributed by atoms with Gasteiger partial charge in [0, 0.05) is 17.5 Å². The molecule has 3 aromatic carbocycles. The zero-order valence-electron chi connectivity index (χ0n) is 17.7. The van der Waals surface area contributed by atoms with Gasteiger partial charge < -0.3 is 10.2 Å². The normalized spacial score (nSPS) is 15.2. The highest BCUT2D eigenvalue weighted by molar-refractivity contribution is 5.96. The van der Waals surface area contributed by atoms with Crippen molar-refractivity contribution in [2.45, 2.75) is 18.9 Å². The third-order valence-corrected chi connectivity index (χ3v) is 6.09. The lowest BCUT2D eigenvalue weighted by Gasteiger charge is -2.25. The molecule has 0 aliphatic carbocycles. The van der Waals surface area contributed by atoms with Gasteiger partial charge in [-0.3, -0.25) is 9.89 Å². The molecule has 0 saturated carbocycles. The van der Waals surface area contributed by atoms with Crippen LogP contribution in [0.15, 0.2) is 72.9 Å². The molecule has 5 nitrogen and oxygen atoms in total. The summed E-state index contributed by atoms with van der Waals surface area (Å²) in [4.78, 5) is 15.5. The van der Waals surface area contributed by atoms with Gasteiger partial charge in [-0.25, -0.2) is 4.39 Å². The highest BCUT2D eigenvalue weighted by atomic mass is 19.1. The number of likely N-dealkylation sites (tertiary alicyclic amines) is 1. The van der Waals surface area contributed by atoms with Crippen molar-refractivity contribution < 1.29 is 9.18 Å². The Morgan fingerprint density at radius 2 is 1.84 bits per heavy atom. The third kappa shape index (κ3) is 4.41. The van der Waals surface area contributed by atoms with E-state index in [0.29, 0.717) is 12.1 Å². The van der Waals surface area contributed by atoms with Gasteiger partial charge in [-0.15, -0.1) is 0 Å². The van der Waals surface area contributed by atoms with Crippen LogP contribution in [0.2, 0.25) is 0 Å². The SMILES string of the molecule is O=C(NC(CN1CCCC1)c1cccc(F)c1)c1cccc(-c2ccc3[nH]ncc3c2)c1. The second kappa shape index (κ2) is 8.93. The van der Waals surface area contributed by atoms with Gasteiger partial charge in [0.15, 0.2) is 0 Å². The highest BCUT2D eigenvalue weighted by Crippen LogP contribution is 2.25. The van der Waals surface area contributed by atoms with Crippen molar-refractivity contribution in [2.24, 2.45) is 0 Å². The summed E-state index contributed by atoms with van der Waals surface area (Å²) in [5.41, 5.74) is 4.32. The lowest BCUT2D eigenvalue weighted by molar-refractivity contribution is 0.0927. The summed E-state index contributed by atoms with van der Waals surface area (Å²) < 4.78 is 13.9. The largest absolute Gasteiger partial charge is 0.344 e. The number of carbonyl (C=O) groups is 1. The smallest absolute Gasteiger partial charge is 0.251 e. The van der Waals surface area contributed by atoms with Crippen molar-refractivity contribution in [3.63, 3.8) is 0 Å². The standard InChI is InChI=1S/C26H25FN4O/c27-23-8-4-6-20(15-23)25(17-31-11-1-2-12-31)29-26(32)21-7-3-5-18(13-21)19-9-10-24-22(14-19)16-28-30-24/h3-10,13-16,25H,1-2,11-12,17H2,(H,28,30)(H,29,32). The number of carbonyl (C=O) groups excluding carboxylic acids is 1. The second-order valence-corrected chi connectivity index (χ2v) is 8.34. The van der Waals surface area contributed by atoms with Crippen LogP contribution >= 0.6 is 0 Å². The van der Waals surface area contributed by atoms with Gasteiger partial charge in [0.2, 0.25) is 0 Å². The van der Waals surface area contributed by atoms with Crippen LogP contribution in [-0.2, 0) is 0 Å². The first-order valence-corrected chi connectivity index (χ1v) is 11.0. The lowest BCUT2D eigenvalue weighted by Crippen LogP contribution is -2.37. The van der Waals surface area contributed by atoms with Crippen LogP contribution in [0, 0.1) is 5.82 Å². The predicted molar refractivity (Wildman–Crippen MR) is 124 cm³/mol. The van der Waals surface area contributed by atoms with Crippen LogP contribution in [0.4, 0.5) is 4.39 Å². The van der Waals surface area contributed by atoms with Crippen molar-refractivity contribution in [1.82, 2.24) is 20.4 Å². The van der Waals surface area contributed by atoms with Gasteiger partial charge in [-0.05, 0) is 79.0 Å². The first-order valence-electron chi connectivity index (χ1n) is 11.0. The maximum Gasteiger partial charge on any atom is 0.251 e. The molecule has 0 radical (unpaired) electrons. The fourth-order valence-electron chi connectivity index (χ4n) is 4.38. The molecule has 1 aliphatic heterocycles. The zero-order valence-corrected chi connectivity index (χ0v) is 17.7. The number of hydrogen-bond donors (Lipinski definition) is 2. The first kappa shape index (κ1) is 20.4. The Morgan fingerprint density at radius 3 is 2.69 bits per heavy atom. The summed E-state index contributed by atoms with van der Waals surface area (Å²) >= 11 is 0. The molecule has 0 spiro atoms. The summed E-state index contributed by atoms with van der Waals surface area (Å²) in [5.74, 6) is -0.454. The zero-order chi connectivity index (χ0) is 21.9. The Bertz CT molecular complexity index is 1250. The van der Waals surface area contributed by atoms with E-state index < -0.39 is 0 Å². The molecule has 162 valence electrons. The van der Waals surface area contributed by atoms with E-state index in [1.807, 2.05) is 42.5 Å². The molecule has 1 aromatic heterocycles. The number of nitrogens with one attached hydrogen (secondary N) is 2. The average Bonchev–Trinajstić information content (AvgIpc) is 3.50. The number of H-pyrrole nitrogens is 1. The Kier molecular flexibility index (Phi) is 5.69. The Balaban J connectivity index is 1.39. The summed E-state index contributed by atoms with van der Waals surface area (Å²) in [6.07, 6.45) is 4.11. The van der Waals surface area contributed by atoms with Crippen molar-refractivity contribution in [2.75, 3.05) is 19.6 Å². The van der Waals surface area contributed by atoms with Crippen LogP contribution in [0.1, 0.15) is 34.8 Å². The summed E-state index contributed by atoms with van der Waals surface area (Å²) in [6.45, 7) is 2.69. The van der Waals surface area contributed by atoms with Gasteiger partial charge in [0.25, 0.3) is 5.91 Å². The van der Waals surface area contributed by atoms with E-state index in [1.54, 1.807) is 12.3 Å². The molecule has 1 aliphatic rings. The van der Waals surface area contributed by atoms with Crippen molar-refractivity contribution in [3.05, 3.63) is 89.9 Å². The molecule has 1 atom stereocenters. The Morgan fingerprint density at radius 1 is 1.03 bits per heavy atom. The summed E-state index contributed by atoms with van der Waals surface area (Å²) in [5, 5.41) is 11.2. The molecular weight excluding hydrogens is 403 g/mol. The molecule has 4 aromatic rings. The van der Waals surface area contributed by atoms with Crippen molar-refractivity contribution in [3.8, 4) is 11.1 Å². The van der Waals surface area contributed by atoms with Crippen molar-refractivity contribution in [1.29, 1.82) is 0 Å². The van der Waals surface area contributed by atoms with Gasteiger partial charge >= 0.3 is 0 Å². The van der Waals surface area contributed by atoms with E-state index >= 15 is 0 Å². The van der Waals surface area contributed by atoms with Crippen molar-refractivity contribution >= 4 is 16.8 Å². The van der Waals surface area contributed by atoms with Gasteiger partial charge in [-0.2, -0.15) is 5.10 Å². The molecule has 1 fully saturated rings. The second-order valence-electron chi connectivity index (χ2n) is 8.34. The monoisotopic (exact) mass is 428 g/mol. The molecule has 1 unspecified atom stereocenters. The Labute approximate surface area is 186 Å². The molecule has 1 amide bonds. The van der Waals surface area contributed by atoms with E-state index in [0.717, 1.165) is 53.5 Å². The minimum atomic E-state index is -0.292. The molecule has 32 heavy (non-hydrogen) atoms. The average molecular weight is 429 g/mol. The quantitative estimate of drug-likeness (QED) is 0.458. The number of aromatic nitrogens is 2. The number of aromatic amines is 1. The number of benzene rings is 3. The van der Waals surface area contributed by atoms with Gasteiger partial charge in [0.1, 0.15) is 5.82 Å². The summed E-state index contributed by atoms with van der Waals surface area (Å²) in [6, 6.07) is 19.9. The molecule has 2 heterocycles. The maximum atomic E-state index is 13.9. The molecule has 6 heteroatoms. The highest BCUT2D eigenvalue weighted by Gasteiger charge is 2.22. The van der Waals surface area contributed by atoms with E-state index in [-0.39, 0.29) is 17.8 Å². The number of amides is 1. The van der Waals surface area contributed by atoms with Crippen LogP contribution in [0.25, 0.3) is 22.0 Å². The minimum absolute atomic E-state index is 0.162. The number of fused-ring (bicyclic) bond motifs is 1. The molecule has 2 N–H and O–H groups in total. The van der Waals surface area contributed by atoms with E-state index in [2.05, 4.69) is 26.5 Å². The molecule has 1 saturated heterocycles. The van der Waals surface area contributed by atoms with E-state index in [4.69, 9.17) is 0 Å². The summed E-state index contributed by atoms with van der Waals surface area (Å²) in [7, 11) is 0. The fraction of sp³-hybridized carbons (Fsp3) is 0.231. The van der Waals surface area contributed by atoms with E-state index in [9.17, 15) is 9.18 Å². The topological polar surface area (TPSA) is 61.0 Å². The first-order chi connectivity index (χ1) is 15.7. The fourth-order valence-corrected chi connectivity index (χ4v) is 4.38. The van der Waals surface area contributed by atoms with Crippen LogP contribution in [0.5, 0.6) is 0 Å². The lowest BCUT2D eigenvalue weighted by atomic mass is 10.0. The van der Waals surface area contributed by atoms with Crippen LogP contribution in [-0.4, -0.2) is 40.6 Å².